The Morgan fingerprint density at radius 1 is 1.18 bits per heavy atom. The zero-order chi connectivity index (χ0) is 26.6. The first-order chi connectivity index (χ1) is 18.3. The Hall–Kier alpha value is -4.38. The van der Waals surface area contributed by atoms with E-state index in [4.69, 9.17) is 10.5 Å². The van der Waals surface area contributed by atoms with E-state index in [0.717, 1.165) is 24.2 Å². The zero-order valence-corrected chi connectivity index (χ0v) is 20.8. The molecule has 2 aliphatic heterocycles. The molecule has 0 aliphatic carbocycles. The monoisotopic (exact) mass is 517 g/mol. The molecule has 2 bridgehead atoms. The summed E-state index contributed by atoms with van der Waals surface area (Å²) in [6, 6.07) is 7.66. The van der Waals surface area contributed by atoms with E-state index in [2.05, 4.69) is 25.3 Å². The van der Waals surface area contributed by atoms with Crippen molar-refractivity contribution in [2.24, 2.45) is 12.8 Å². The van der Waals surface area contributed by atoms with Gasteiger partial charge in [0, 0.05) is 66.9 Å². The van der Waals surface area contributed by atoms with Gasteiger partial charge in [-0.3, -0.25) is 9.48 Å². The Morgan fingerprint density at radius 3 is 2.66 bits per heavy atom. The van der Waals surface area contributed by atoms with Crippen molar-refractivity contribution in [1.82, 2.24) is 25.1 Å². The first-order valence-electron chi connectivity index (χ1n) is 12.2. The molecule has 0 radical (unpaired) electrons. The minimum Gasteiger partial charge on any atom is -0.496 e. The second-order valence-corrected chi connectivity index (χ2v) is 9.54. The Balaban J connectivity index is 1.59. The molecule has 1 amide bonds. The smallest absolute Gasteiger partial charge is 0.268 e. The lowest BCUT2D eigenvalue weighted by molar-refractivity contribution is 0.0996. The number of primary amides is 1. The second-order valence-electron chi connectivity index (χ2n) is 9.54. The van der Waals surface area contributed by atoms with E-state index in [1.54, 1.807) is 24.0 Å². The summed E-state index contributed by atoms with van der Waals surface area (Å²) in [4.78, 5) is 23.7. The van der Waals surface area contributed by atoms with Crippen molar-refractivity contribution < 1.29 is 18.3 Å². The van der Waals surface area contributed by atoms with Crippen LogP contribution in [0.2, 0.25) is 0 Å². The predicted molar refractivity (Wildman–Crippen MR) is 138 cm³/mol. The molecule has 2 atom stereocenters. The summed E-state index contributed by atoms with van der Waals surface area (Å²) in [6.07, 6.45) is 5.84. The molecule has 3 N–H and O–H groups in total. The van der Waals surface area contributed by atoms with Crippen LogP contribution in [0.15, 0.2) is 48.9 Å². The first kappa shape index (κ1) is 24.0. The molecule has 9 nitrogen and oxygen atoms in total. The number of halogens is 2. The summed E-state index contributed by atoms with van der Waals surface area (Å²) in [7, 11) is 3.19. The van der Waals surface area contributed by atoms with Gasteiger partial charge in [-0.05, 0) is 30.7 Å². The highest BCUT2D eigenvalue weighted by molar-refractivity contribution is 6.02. The number of hydrogen-bond donors (Lipinski definition) is 2. The molecule has 194 valence electrons. The maximum atomic E-state index is 15.2. The van der Waals surface area contributed by atoms with E-state index in [1.165, 1.54) is 37.6 Å². The van der Waals surface area contributed by atoms with Gasteiger partial charge in [-0.1, -0.05) is 6.07 Å². The van der Waals surface area contributed by atoms with Gasteiger partial charge < -0.3 is 20.7 Å². The molecule has 6 rings (SSSR count). The number of nitrogens with one attached hydrogen (secondary N) is 1. The first-order valence-corrected chi connectivity index (χ1v) is 12.2. The predicted octanol–water partition coefficient (Wildman–Crippen LogP) is 3.15. The number of methoxy groups -OCH3 is 1. The van der Waals surface area contributed by atoms with Crippen LogP contribution in [0.1, 0.15) is 16.9 Å². The summed E-state index contributed by atoms with van der Waals surface area (Å²) in [6.45, 7) is 1.51. The molecule has 2 fully saturated rings. The van der Waals surface area contributed by atoms with Crippen LogP contribution in [0, 0.1) is 11.6 Å². The largest absolute Gasteiger partial charge is 0.496 e. The van der Waals surface area contributed by atoms with Crippen molar-refractivity contribution in [3.63, 3.8) is 0 Å². The fourth-order valence-corrected chi connectivity index (χ4v) is 5.51. The van der Waals surface area contributed by atoms with E-state index >= 15 is 4.39 Å². The van der Waals surface area contributed by atoms with Gasteiger partial charge in [0.05, 0.1) is 24.6 Å². The molecule has 2 saturated heterocycles. The summed E-state index contributed by atoms with van der Waals surface area (Å²) in [5.74, 6) is -1.81. The van der Waals surface area contributed by atoms with Crippen molar-refractivity contribution in [2.45, 2.75) is 18.5 Å². The van der Waals surface area contributed by atoms with Crippen molar-refractivity contribution in [3.05, 3.63) is 66.3 Å². The number of rotatable bonds is 6. The standard InChI is InChI=1S/C27H25F2N7O2/c1-35-12-14(9-33-35)18-6-15(28)7-19(25(18)36-13-16-8-17(36)10-31-16)20-11-32-27(34-24(20)26(30)37)23-21(29)4-3-5-22(23)38-2/h3-7,9,11-12,16-17,31H,8,10,13H2,1-2H3,(H2,30,37)/t16-,17-/m1/s1. The Morgan fingerprint density at radius 2 is 2.00 bits per heavy atom. The molecule has 0 unspecified atom stereocenters. The Labute approximate surface area is 217 Å². The number of hydrogen-bond acceptors (Lipinski definition) is 7. The summed E-state index contributed by atoms with van der Waals surface area (Å²) >= 11 is 0. The third kappa shape index (κ3) is 3.95. The van der Waals surface area contributed by atoms with Crippen molar-refractivity contribution in [1.29, 1.82) is 0 Å². The number of nitrogens with zero attached hydrogens (tertiary/aromatic N) is 5. The number of carbonyl (C=O) groups excluding carboxylic acids is 1. The molecule has 38 heavy (non-hydrogen) atoms. The van der Waals surface area contributed by atoms with Crippen LogP contribution in [0.4, 0.5) is 14.5 Å². The molecule has 0 saturated carbocycles. The second kappa shape index (κ2) is 9.18. The number of nitrogens with two attached hydrogens (primary N) is 1. The fraction of sp³-hybridized carbons (Fsp3) is 0.259. The number of carbonyl (C=O) groups is 1. The Bertz CT molecular complexity index is 1570. The van der Waals surface area contributed by atoms with Crippen LogP contribution in [-0.4, -0.2) is 57.9 Å². The molecule has 0 spiro atoms. The highest BCUT2D eigenvalue weighted by Gasteiger charge is 2.40. The third-order valence-corrected chi connectivity index (χ3v) is 7.17. The zero-order valence-electron chi connectivity index (χ0n) is 20.8. The van der Waals surface area contributed by atoms with Crippen LogP contribution in [-0.2, 0) is 7.05 Å². The van der Waals surface area contributed by atoms with E-state index in [9.17, 15) is 9.18 Å². The average Bonchev–Trinajstić information content (AvgIpc) is 3.65. The number of benzene rings is 2. The topological polar surface area (TPSA) is 111 Å². The SMILES string of the molecule is COc1cccc(F)c1-c1ncc(-c2cc(F)cc(-c3cnn(C)c3)c2N2C[C@H]3C[C@@H]2CN3)c(C(N)=O)n1. The highest BCUT2D eigenvalue weighted by Crippen LogP contribution is 2.45. The average molecular weight is 518 g/mol. The number of piperazine rings is 1. The summed E-state index contributed by atoms with van der Waals surface area (Å²) in [5, 5.41) is 7.76. The summed E-state index contributed by atoms with van der Waals surface area (Å²) in [5.41, 5.74) is 8.43. The Kier molecular flexibility index (Phi) is 5.79. The van der Waals surface area contributed by atoms with Gasteiger partial charge in [0.15, 0.2) is 5.82 Å². The third-order valence-electron chi connectivity index (χ3n) is 7.17. The number of amides is 1. The van der Waals surface area contributed by atoms with Crippen LogP contribution >= 0.6 is 0 Å². The molecule has 2 aromatic carbocycles. The number of aromatic nitrogens is 4. The molecule has 2 aromatic heterocycles. The van der Waals surface area contributed by atoms with Crippen LogP contribution in [0.25, 0.3) is 33.6 Å². The maximum absolute atomic E-state index is 15.2. The van der Waals surface area contributed by atoms with Gasteiger partial charge >= 0.3 is 0 Å². The normalized spacial score (nSPS) is 18.3. The molecular formula is C27H25F2N7O2. The number of fused-ring (bicyclic) bond motifs is 2. The van der Waals surface area contributed by atoms with Gasteiger partial charge in [0.25, 0.3) is 5.91 Å². The van der Waals surface area contributed by atoms with Gasteiger partial charge in [-0.25, -0.2) is 18.7 Å². The number of anilines is 1. The molecule has 11 heteroatoms. The lowest BCUT2D eigenvalue weighted by Gasteiger charge is -2.33. The van der Waals surface area contributed by atoms with E-state index < -0.39 is 17.5 Å². The van der Waals surface area contributed by atoms with E-state index in [0.29, 0.717) is 23.7 Å². The van der Waals surface area contributed by atoms with Crippen molar-refractivity contribution >= 4 is 11.6 Å². The molecule has 4 heterocycles. The van der Waals surface area contributed by atoms with Gasteiger partial charge in [0.1, 0.15) is 23.1 Å². The van der Waals surface area contributed by atoms with Crippen molar-refractivity contribution in [2.75, 3.05) is 25.1 Å². The molecule has 4 aromatic rings. The van der Waals surface area contributed by atoms with Crippen LogP contribution in [0.5, 0.6) is 5.75 Å². The van der Waals surface area contributed by atoms with Crippen LogP contribution in [0.3, 0.4) is 0 Å². The minimum absolute atomic E-state index is 0.00231. The fourth-order valence-electron chi connectivity index (χ4n) is 5.51. The maximum Gasteiger partial charge on any atom is 0.268 e. The van der Waals surface area contributed by atoms with Gasteiger partial charge in [-0.15, -0.1) is 0 Å². The number of aryl methyl sites for hydroxylation is 1. The molecular weight excluding hydrogens is 492 g/mol. The van der Waals surface area contributed by atoms with E-state index in [1.807, 2.05) is 6.20 Å². The van der Waals surface area contributed by atoms with E-state index in [-0.39, 0.29) is 34.4 Å². The summed E-state index contributed by atoms with van der Waals surface area (Å²) < 4.78 is 36.9. The lowest BCUT2D eigenvalue weighted by atomic mass is 9.95. The van der Waals surface area contributed by atoms with Crippen LogP contribution < -0.4 is 20.7 Å². The van der Waals surface area contributed by atoms with Gasteiger partial charge in [-0.2, -0.15) is 5.10 Å². The quantitative estimate of drug-likeness (QED) is 0.404. The lowest BCUT2D eigenvalue weighted by Crippen LogP contribution is -2.44. The van der Waals surface area contributed by atoms with Gasteiger partial charge in [0.2, 0.25) is 0 Å². The minimum atomic E-state index is -0.846. The van der Waals surface area contributed by atoms with Crippen molar-refractivity contribution in [3.8, 4) is 39.4 Å². The molecule has 2 aliphatic rings. The number of ether oxygens (including phenoxy) is 1. The highest BCUT2D eigenvalue weighted by atomic mass is 19.1.